The number of hydrogen-bond acceptors (Lipinski definition) is 4. The standard InChI is InChI=1S/C16H18BrNO4/c1-9-10(2)21-6-5-18(9)8-13-12-7-11(17)3-4-14(12)22-15(13)16(19)20/h3-4,7,9-10H,5-6,8H2,1-2H3,(H,19,20). The van der Waals surface area contributed by atoms with Crippen molar-refractivity contribution in [2.45, 2.75) is 32.5 Å². The number of halogens is 1. The molecule has 1 aliphatic rings. The molecule has 0 bridgehead atoms. The Labute approximate surface area is 137 Å². The van der Waals surface area contributed by atoms with Gasteiger partial charge in [-0.3, -0.25) is 4.90 Å². The van der Waals surface area contributed by atoms with E-state index < -0.39 is 5.97 Å². The lowest BCUT2D eigenvalue weighted by Gasteiger charge is -2.37. The quantitative estimate of drug-likeness (QED) is 0.899. The molecule has 22 heavy (non-hydrogen) atoms. The topological polar surface area (TPSA) is 62.9 Å². The minimum Gasteiger partial charge on any atom is -0.475 e. The van der Waals surface area contributed by atoms with Crippen LogP contribution in [-0.2, 0) is 11.3 Å². The molecule has 6 heteroatoms. The fourth-order valence-electron chi connectivity index (χ4n) is 2.87. The van der Waals surface area contributed by atoms with Gasteiger partial charge in [0.2, 0.25) is 5.76 Å². The van der Waals surface area contributed by atoms with E-state index in [1.54, 1.807) is 6.07 Å². The van der Waals surface area contributed by atoms with Crippen LogP contribution in [0.5, 0.6) is 0 Å². The summed E-state index contributed by atoms with van der Waals surface area (Å²) in [6.07, 6.45) is 0.131. The third-order valence-corrected chi connectivity index (χ3v) is 4.82. The minimum absolute atomic E-state index is 0.0273. The van der Waals surface area contributed by atoms with Crippen molar-refractivity contribution in [2.75, 3.05) is 13.2 Å². The molecular weight excluding hydrogens is 350 g/mol. The number of furan rings is 1. The van der Waals surface area contributed by atoms with E-state index in [2.05, 4.69) is 27.8 Å². The van der Waals surface area contributed by atoms with Crippen LogP contribution in [-0.4, -0.2) is 41.3 Å². The molecule has 2 aromatic rings. The van der Waals surface area contributed by atoms with Crippen LogP contribution in [0.15, 0.2) is 27.1 Å². The molecule has 2 heterocycles. The van der Waals surface area contributed by atoms with E-state index in [0.717, 1.165) is 22.0 Å². The predicted octanol–water partition coefficient (Wildman–Crippen LogP) is 3.50. The molecule has 118 valence electrons. The van der Waals surface area contributed by atoms with Crippen molar-refractivity contribution in [1.82, 2.24) is 4.90 Å². The number of carboxylic acid groups (broad SMARTS) is 1. The molecule has 1 aromatic heterocycles. The zero-order chi connectivity index (χ0) is 15.9. The SMILES string of the molecule is CC1OCCN(Cc2c(C(=O)O)oc3ccc(Br)cc23)C1C. The van der Waals surface area contributed by atoms with Crippen molar-refractivity contribution in [3.05, 3.63) is 34.0 Å². The molecule has 0 radical (unpaired) electrons. The van der Waals surface area contributed by atoms with Crippen LogP contribution >= 0.6 is 15.9 Å². The highest BCUT2D eigenvalue weighted by Gasteiger charge is 2.29. The second kappa shape index (κ2) is 6.02. The van der Waals surface area contributed by atoms with E-state index in [9.17, 15) is 9.90 Å². The summed E-state index contributed by atoms with van der Waals surface area (Å²) in [6.45, 7) is 6.13. The first kappa shape index (κ1) is 15.5. The van der Waals surface area contributed by atoms with E-state index in [4.69, 9.17) is 9.15 Å². The van der Waals surface area contributed by atoms with Crippen molar-refractivity contribution < 1.29 is 19.1 Å². The average Bonchev–Trinajstić information content (AvgIpc) is 2.82. The van der Waals surface area contributed by atoms with E-state index >= 15 is 0 Å². The molecule has 0 saturated carbocycles. The van der Waals surface area contributed by atoms with Crippen molar-refractivity contribution in [2.24, 2.45) is 0 Å². The minimum atomic E-state index is -1.03. The molecule has 5 nitrogen and oxygen atoms in total. The number of morpholine rings is 1. The maximum Gasteiger partial charge on any atom is 0.372 e. The fourth-order valence-corrected chi connectivity index (χ4v) is 3.23. The number of rotatable bonds is 3. The molecule has 0 amide bonds. The summed E-state index contributed by atoms with van der Waals surface area (Å²) in [7, 11) is 0. The van der Waals surface area contributed by atoms with Crippen molar-refractivity contribution in [3.63, 3.8) is 0 Å². The van der Waals surface area contributed by atoms with Gasteiger partial charge in [-0.2, -0.15) is 0 Å². The van der Waals surface area contributed by atoms with Gasteiger partial charge in [-0.05, 0) is 32.0 Å². The van der Waals surface area contributed by atoms with Crippen LogP contribution in [0.1, 0.15) is 30.0 Å². The highest BCUT2D eigenvalue weighted by molar-refractivity contribution is 9.10. The van der Waals surface area contributed by atoms with Gasteiger partial charge in [0.1, 0.15) is 5.58 Å². The summed E-state index contributed by atoms with van der Waals surface area (Å²) < 4.78 is 12.1. The van der Waals surface area contributed by atoms with Crippen LogP contribution in [0.25, 0.3) is 11.0 Å². The molecule has 2 unspecified atom stereocenters. The Morgan fingerprint density at radius 3 is 2.95 bits per heavy atom. The number of aromatic carboxylic acids is 1. The molecule has 1 saturated heterocycles. The normalized spacial score (nSPS) is 23.0. The third kappa shape index (κ3) is 2.78. The summed E-state index contributed by atoms with van der Waals surface area (Å²) in [5, 5.41) is 10.3. The molecule has 1 aliphatic heterocycles. The average molecular weight is 368 g/mol. The van der Waals surface area contributed by atoms with Gasteiger partial charge in [0.05, 0.1) is 12.7 Å². The first-order chi connectivity index (χ1) is 10.5. The molecule has 2 atom stereocenters. The second-order valence-electron chi connectivity index (χ2n) is 5.64. The maximum absolute atomic E-state index is 11.5. The molecule has 0 aliphatic carbocycles. The highest BCUT2D eigenvalue weighted by Crippen LogP contribution is 2.31. The zero-order valence-corrected chi connectivity index (χ0v) is 14.1. The van der Waals surface area contributed by atoms with Gasteiger partial charge < -0.3 is 14.3 Å². The number of fused-ring (bicyclic) bond motifs is 1. The van der Waals surface area contributed by atoms with Crippen LogP contribution in [0, 0.1) is 0 Å². The van der Waals surface area contributed by atoms with Crippen molar-refractivity contribution >= 4 is 32.9 Å². The third-order valence-electron chi connectivity index (χ3n) is 4.32. The zero-order valence-electron chi connectivity index (χ0n) is 12.5. The predicted molar refractivity (Wildman–Crippen MR) is 86.2 cm³/mol. The Hall–Kier alpha value is -1.37. The second-order valence-corrected chi connectivity index (χ2v) is 6.56. The molecule has 1 N–H and O–H groups in total. The van der Waals surface area contributed by atoms with E-state index in [0.29, 0.717) is 18.7 Å². The molecule has 3 rings (SSSR count). The van der Waals surface area contributed by atoms with Gasteiger partial charge >= 0.3 is 5.97 Å². The number of hydrogen-bond donors (Lipinski definition) is 1. The Balaban J connectivity index is 2.02. The number of carbonyl (C=O) groups is 1. The Kier molecular flexibility index (Phi) is 4.25. The van der Waals surface area contributed by atoms with E-state index in [1.165, 1.54) is 0 Å². The first-order valence-electron chi connectivity index (χ1n) is 7.27. The number of nitrogens with zero attached hydrogens (tertiary/aromatic N) is 1. The Morgan fingerprint density at radius 1 is 1.45 bits per heavy atom. The van der Waals surface area contributed by atoms with Crippen LogP contribution in [0.3, 0.4) is 0 Å². The number of carboxylic acids is 1. The van der Waals surface area contributed by atoms with Gasteiger partial charge in [-0.25, -0.2) is 4.79 Å². The Bertz CT molecular complexity index is 711. The Morgan fingerprint density at radius 2 is 2.23 bits per heavy atom. The van der Waals surface area contributed by atoms with Gasteiger partial charge in [0, 0.05) is 34.6 Å². The van der Waals surface area contributed by atoms with Gasteiger partial charge in [0.15, 0.2) is 0 Å². The number of ether oxygens (including phenoxy) is 1. The van der Waals surface area contributed by atoms with Crippen molar-refractivity contribution in [3.8, 4) is 0 Å². The van der Waals surface area contributed by atoms with Crippen LogP contribution < -0.4 is 0 Å². The largest absolute Gasteiger partial charge is 0.475 e. The number of benzene rings is 1. The molecule has 0 spiro atoms. The molecule has 1 fully saturated rings. The first-order valence-corrected chi connectivity index (χ1v) is 8.06. The summed E-state index contributed by atoms with van der Waals surface area (Å²) in [5.41, 5.74) is 1.33. The van der Waals surface area contributed by atoms with E-state index in [1.807, 2.05) is 19.1 Å². The van der Waals surface area contributed by atoms with Gasteiger partial charge in [0.25, 0.3) is 0 Å². The van der Waals surface area contributed by atoms with Gasteiger partial charge in [-0.1, -0.05) is 15.9 Å². The molecular formula is C16H18BrNO4. The lowest BCUT2D eigenvalue weighted by molar-refractivity contribution is -0.0584. The summed E-state index contributed by atoms with van der Waals surface area (Å²) in [5.74, 6) is -1.00. The van der Waals surface area contributed by atoms with Crippen LogP contribution in [0.4, 0.5) is 0 Å². The molecule has 1 aromatic carbocycles. The highest BCUT2D eigenvalue weighted by atomic mass is 79.9. The fraction of sp³-hybridized carbons (Fsp3) is 0.438. The smallest absolute Gasteiger partial charge is 0.372 e. The summed E-state index contributed by atoms with van der Waals surface area (Å²) >= 11 is 3.44. The lowest BCUT2D eigenvalue weighted by Crippen LogP contribution is -2.47. The maximum atomic E-state index is 11.5. The van der Waals surface area contributed by atoms with Crippen molar-refractivity contribution in [1.29, 1.82) is 0 Å². The monoisotopic (exact) mass is 367 g/mol. The summed E-state index contributed by atoms with van der Waals surface area (Å²) in [6, 6.07) is 5.78. The van der Waals surface area contributed by atoms with Gasteiger partial charge in [-0.15, -0.1) is 0 Å². The summed E-state index contributed by atoms with van der Waals surface area (Å²) in [4.78, 5) is 13.8. The lowest BCUT2D eigenvalue weighted by atomic mass is 10.1. The van der Waals surface area contributed by atoms with Crippen LogP contribution in [0.2, 0.25) is 0 Å². The van der Waals surface area contributed by atoms with E-state index in [-0.39, 0.29) is 17.9 Å².